The summed E-state index contributed by atoms with van der Waals surface area (Å²) >= 11 is 9.34. The highest BCUT2D eigenvalue weighted by atomic mass is 79.9. The number of rotatable bonds is 4. The molecule has 0 aliphatic rings. The number of ether oxygens (including phenoxy) is 1. The lowest BCUT2D eigenvalue weighted by molar-refractivity contribution is 0.102. The van der Waals surface area contributed by atoms with Crippen molar-refractivity contribution >= 4 is 44.8 Å². The first-order chi connectivity index (χ1) is 10.0. The van der Waals surface area contributed by atoms with Crippen LogP contribution in [-0.4, -0.2) is 20.1 Å². The molecule has 0 heterocycles. The van der Waals surface area contributed by atoms with Crippen LogP contribution in [0, 0.1) is 0 Å². The van der Waals surface area contributed by atoms with Gasteiger partial charge in [0.05, 0.1) is 17.1 Å². The van der Waals surface area contributed by atoms with Gasteiger partial charge in [-0.1, -0.05) is 11.6 Å². The fourth-order valence-corrected chi connectivity index (χ4v) is 2.58. The van der Waals surface area contributed by atoms with Crippen molar-refractivity contribution in [3.63, 3.8) is 0 Å². The zero-order valence-electron chi connectivity index (χ0n) is 11.5. The quantitative estimate of drug-likeness (QED) is 0.839. The number of anilines is 2. The van der Waals surface area contributed by atoms with Crippen LogP contribution < -0.4 is 15.4 Å². The fraction of sp³-hybridized carbons (Fsp3) is 0.133. The van der Waals surface area contributed by atoms with Crippen LogP contribution in [0.15, 0.2) is 40.9 Å². The van der Waals surface area contributed by atoms with Crippen molar-refractivity contribution in [3.8, 4) is 5.75 Å². The van der Waals surface area contributed by atoms with Gasteiger partial charge in [0, 0.05) is 23.4 Å². The van der Waals surface area contributed by atoms with E-state index in [1.54, 1.807) is 50.6 Å². The van der Waals surface area contributed by atoms with E-state index < -0.39 is 0 Å². The third-order valence-corrected chi connectivity index (χ3v) is 3.76. The van der Waals surface area contributed by atoms with Crippen molar-refractivity contribution < 1.29 is 9.53 Å². The van der Waals surface area contributed by atoms with Gasteiger partial charge in [-0.2, -0.15) is 0 Å². The molecule has 1 amide bonds. The minimum Gasteiger partial charge on any atom is -0.496 e. The number of carbonyl (C=O) groups excluding carboxylic acids is 1. The molecule has 0 aromatic heterocycles. The normalized spacial score (nSPS) is 10.1. The van der Waals surface area contributed by atoms with Crippen LogP contribution >= 0.6 is 27.5 Å². The SMILES string of the molecule is CNc1ccc(Cl)cc1C(=O)Nc1ccc(OC)c(Br)c1. The topological polar surface area (TPSA) is 50.4 Å². The molecule has 0 aliphatic heterocycles. The molecule has 2 aromatic rings. The summed E-state index contributed by atoms with van der Waals surface area (Å²) in [4.78, 5) is 12.4. The predicted molar refractivity (Wildman–Crippen MR) is 89.6 cm³/mol. The van der Waals surface area contributed by atoms with Gasteiger partial charge in [0.15, 0.2) is 0 Å². The second kappa shape index (κ2) is 6.83. The first-order valence-corrected chi connectivity index (χ1v) is 7.34. The van der Waals surface area contributed by atoms with Gasteiger partial charge < -0.3 is 15.4 Å². The molecule has 21 heavy (non-hydrogen) atoms. The van der Waals surface area contributed by atoms with Crippen LogP contribution in [0.5, 0.6) is 5.75 Å². The maximum absolute atomic E-state index is 12.4. The van der Waals surface area contributed by atoms with Crippen LogP contribution in [0.4, 0.5) is 11.4 Å². The summed E-state index contributed by atoms with van der Waals surface area (Å²) in [6.45, 7) is 0. The molecule has 0 fully saturated rings. The van der Waals surface area contributed by atoms with Gasteiger partial charge in [0.25, 0.3) is 5.91 Å². The standard InChI is InChI=1S/C15H14BrClN2O2/c1-18-13-5-3-9(17)7-11(13)15(20)19-10-4-6-14(21-2)12(16)8-10/h3-8,18H,1-2H3,(H,19,20). The number of halogens is 2. The van der Waals surface area contributed by atoms with Crippen molar-refractivity contribution in [2.45, 2.75) is 0 Å². The van der Waals surface area contributed by atoms with Crippen LogP contribution in [-0.2, 0) is 0 Å². The van der Waals surface area contributed by atoms with Crippen LogP contribution in [0.25, 0.3) is 0 Å². The molecule has 0 saturated carbocycles. The highest BCUT2D eigenvalue weighted by molar-refractivity contribution is 9.10. The lowest BCUT2D eigenvalue weighted by atomic mass is 10.1. The Morgan fingerprint density at radius 1 is 1.24 bits per heavy atom. The fourth-order valence-electron chi connectivity index (χ4n) is 1.86. The molecular weight excluding hydrogens is 356 g/mol. The Hall–Kier alpha value is -1.72. The molecule has 2 N–H and O–H groups in total. The van der Waals surface area contributed by atoms with Crippen LogP contribution in [0.1, 0.15) is 10.4 Å². The van der Waals surface area contributed by atoms with Crippen molar-refractivity contribution in [2.75, 3.05) is 24.8 Å². The van der Waals surface area contributed by atoms with Crippen LogP contribution in [0.2, 0.25) is 5.02 Å². The van der Waals surface area contributed by atoms with Gasteiger partial charge in [0.1, 0.15) is 5.75 Å². The number of hydrogen-bond donors (Lipinski definition) is 2. The zero-order chi connectivity index (χ0) is 15.4. The summed E-state index contributed by atoms with van der Waals surface area (Å²) in [7, 11) is 3.34. The van der Waals surface area contributed by atoms with Gasteiger partial charge in [0.2, 0.25) is 0 Å². The summed E-state index contributed by atoms with van der Waals surface area (Å²) in [5.74, 6) is 0.464. The van der Waals surface area contributed by atoms with E-state index in [0.29, 0.717) is 27.7 Å². The molecule has 4 nitrogen and oxygen atoms in total. The number of benzene rings is 2. The Balaban J connectivity index is 2.26. The van der Waals surface area contributed by atoms with Crippen molar-refractivity contribution in [1.82, 2.24) is 0 Å². The first kappa shape index (κ1) is 15.7. The molecule has 0 aliphatic carbocycles. The molecule has 0 spiro atoms. The van der Waals surface area contributed by atoms with Crippen molar-refractivity contribution in [2.24, 2.45) is 0 Å². The van der Waals surface area contributed by atoms with E-state index in [4.69, 9.17) is 16.3 Å². The summed E-state index contributed by atoms with van der Waals surface area (Å²) in [6.07, 6.45) is 0. The molecule has 0 saturated heterocycles. The highest BCUT2D eigenvalue weighted by Gasteiger charge is 2.12. The van der Waals surface area contributed by atoms with Crippen LogP contribution in [0.3, 0.4) is 0 Å². The van der Waals surface area contributed by atoms with E-state index >= 15 is 0 Å². The molecule has 110 valence electrons. The number of carbonyl (C=O) groups is 1. The molecule has 2 rings (SSSR count). The largest absolute Gasteiger partial charge is 0.496 e. The minimum atomic E-state index is -0.237. The monoisotopic (exact) mass is 368 g/mol. The molecule has 2 aromatic carbocycles. The zero-order valence-corrected chi connectivity index (χ0v) is 13.9. The van der Waals surface area contributed by atoms with Gasteiger partial charge >= 0.3 is 0 Å². The van der Waals surface area contributed by atoms with Crippen molar-refractivity contribution in [1.29, 1.82) is 0 Å². The Bertz CT molecular complexity index is 677. The summed E-state index contributed by atoms with van der Waals surface area (Å²) < 4.78 is 5.92. The summed E-state index contributed by atoms with van der Waals surface area (Å²) in [5, 5.41) is 6.31. The molecule has 0 bridgehead atoms. The lowest BCUT2D eigenvalue weighted by Crippen LogP contribution is -2.14. The first-order valence-electron chi connectivity index (χ1n) is 6.17. The molecular formula is C15H14BrClN2O2. The smallest absolute Gasteiger partial charge is 0.257 e. The van der Waals surface area contributed by atoms with Gasteiger partial charge in [-0.15, -0.1) is 0 Å². The van der Waals surface area contributed by atoms with E-state index in [0.717, 1.165) is 4.47 Å². The maximum atomic E-state index is 12.4. The number of nitrogens with one attached hydrogen (secondary N) is 2. The Labute approximate surface area is 136 Å². The van der Waals surface area contributed by atoms with E-state index in [-0.39, 0.29) is 5.91 Å². The summed E-state index contributed by atoms with van der Waals surface area (Å²) in [6, 6.07) is 10.4. The van der Waals surface area contributed by atoms with Gasteiger partial charge in [-0.05, 0) is 52.3 Å². The molecule has 0 atom stereocenters. The lowest BCUT2D eigenvalue weighted by Gasteiger charge is -2.11. The second-order valence-electron chi connectivity index (χ2n) is 4.24. The van der Waals surface area contributed by atoms with Crippen molar-refractivity contribution in [3.05, 3.63) is 51.5 Å². The highest BCUT2D eigenvalue weighted by Crippen LogP contribution is 2.28. The third-order valence-electron chi connectivity index (χ3n) is 2.91. The average Bonchev–Trinajstić information content (AvgIpc) is 2.47. The van der Waals surface area contributed by atoms with E-state index in [9.17, 15) is 4.79 Å². The predicted octanol–water partition coefficient (Wildman–Crippen LogP) is 4.41. The summed E-state index contributed by atoms with van der Waals surface area (Å²) in [5.41, 5.74) is 1.86. The number of hydrogen-bond acceptors (Lipinski definition) is 3. The van der Waals surface area contributed by atoms with E-state index in [1.807, 2.05) is 0 Å². The van der Waals surface area contributed by atoms with Gasteiger partial charge in [-0.3, -0.25) is 4.79 Å². The number of amides is 1. The Morgan fingerprint density at radius 2 is 2.00 bits per heavy atom. The number of methoxy groups -OCH3 is 1. The van der Waals surface area contributed by atoms with E-state index in [2.05, 4.69) is 26.6 Å². The Kier molecular flexibility index (Phi) is 5.09. The van der Waals surface area contributed by atoms with E-state index in [1.165, 1.54) is 0 Å². The molecule has 0 unspecified atom stereocenters. The second-order valence-corrected chi connectivity index (χ2v) is 5.53. The van der Waals surface area contributed by atoms with Gasteiger partial charge in [-0.25, -0.2) is 0 Å². The maximum Gasteiger partial charge on any atom is 0.257 e. The minimum absolute atomic E-state index is 0.237. The third kappa shape index (κ3) is 3.68. The molecule has 6 heteroatoms. The average molecular weight is 370 g/mol. The molecule has 0 radical (unpaired) electrons. The Morgan fingerprint density at radius 3 is 2.62 bits per heavy atom.